The Balaban J connectivity index is 1.45. The van der Waals surface area contributed by atoms with Crippen LogP contribution in [0.25, 0.3) is 0 Å². The molecule has 5 heteroatoms. The van der Waals surface area contributed by atoms with Gasteiger partial charge in [0.2, 0.25) is 5.91 Å². The number of benzene rings is 2. The smallest absolute Gasteiger partial charge is 0.220 e. The van der Waals surface area contributed by atoms with Crippen molar-refractivity contribution in [2.45, 2.75) is 38.3 Å². The van der Waals surface area contributed by atoms with Crippen molar-refractivity contribution < 1.29 is 14.0 Å². The Kier molecular flexibility index (Phi) is 6.71. The number of amides is 1. The van der Waals surface area contributed by atoms with Gasteiger partial charge in [-0.25, -0.2) is 4.39 Å². The first kappa shape index (κ1) is 19.2. The average molecular weight is 368 g/mol. The van der Waals surface area contributed by atoms with Crippen LogP contribution in [0.4, 0.5) is 4.39 Å². The minimum atomic E-state index is -0.192. The summed E-state index contributed by atoms with van der Waals surface area (Å²) in [5.74, 6) is -0.310. The standard InChI is InChI=1S/C22H25FN2O2/c23-20-11-5-4-9-18(20)15-25-14-6-10-19(16-25)24-22(27)13-12-21(26)17-7-2-1-3-8-17/h1-5,7-9,11,19H,6,10,12-16H2,(H,24,27). The van der Waals surface area contributed by atoms with Gasteiger partial charge in [0.15, 0.2) is 5.78 Å². The molecule has 1 aliphatic heterocycles. The molecule has 142 valence electrons. The van der Waals surface area contributed by atoms with Crippen LogP contribution in [-0.4, -0.2) is 35.7 Å². The van der Waals surface area contributed by atoms with Crippen LogP contribution in [0.1, 0.15) is 41.6 Å². The summed E-state index contributed by atoms with van der Waals surface area (Å²) in [5.41, 5.74) is 1.32. The molecule has 2 aromatic carbocycles. The fourth-order valence-corrected chi connectivity index (χ4v) is 3.48. The van der Waals surface area contributed by atoms with Crippen LogP contribution >= 0.6 is 0 Å². The van der Waals surface area contributed by atoms with Crippen molar-refractivity contribution in [3.05, 3.63) is 71.5 Å². The predicted octanol–water partition coefficient (Wildman–Crippen LogP) is 3.57. The molecule has 0 saturated carbocycles. The van der Waals surface area contributed by atoms with E-state index in [2.05, 4.69) is 10.2 Å². The number of carbonyl (C=O) groups is 2. The Morgan fingerprint density at radius 2 is 1.78 bits per heavy atom. The molecule has 1 unspecified atom stereocenters. The number of ketones is 1. The lowest BCUT2D eigenvalue weighted by Gasteiger charge is -2.33. The molecule has 0 aliphatic carbocycles. The van der Waals surface area contributed by atoms with E-state index in [1.165, 1.54) is 6.07 Å². The lowest BCUT2D eigenvalue weighted by atomic mass is 10.0. The first-order valence-corrected chi connectivity index (χ1v) is 9.45. The quantitative estimate of drug-likeness (QED) is 0.760. The summed E-state index contributed by atoms with van der Waals surface area (Å²) in [7, 11) is 0. The van der Waals surface area contributed by atoms with Crippen molar-refractivity contribution in [1.29, 1.82) is 0 Å². The van der Waals surface area contributed by atoms with Crippen LogP contribution in [0, 0.1) is 5.82 Å². The van der Waals surface area contributed by atoms with Gasteiger partial charge in [0.25, 0.3) is 0 Å². The number of Topliss-reactive ketones (excluding diaryl/α,β-unsaturated/α-hetero) is 1. The van der Waals surface area contributed by atoms with E-state index in [1.807, 2.05) is 24.3 Å². The Bertz CT molecular complexity index is 779. The second-order valence-corrected chi connectivity index (χ2v) is 7.02. The van der Waals surface area contributed by atoms with E-state index in [1.54, 1.807) is 24.3 Å². The van der Waals surface area contributed by atoms with E-state index in [9.17, 15) is 14.0 Å². The zero-order chi connectivity index (χ0) is 19.1. The molecule has 1 fully saturated rings. The molecule has 1 aliphatic rings. The van der Waals surface area contributed by atoms with Gasteiger partial charge in [-0.1, -0.05) is 48.5 Å². The molecule has 1 saturated heterocycles. The minimum absolute atomic E-state index is 0.0180. The molecular weight excluding hydrogens is 343 g/mol. The van der Waals surface area contributed by atoms with Crippen molar-refractivity contribution in [3.8, 4) is 0 Å². The monoisotopic (exact) mass is 368 g/mol. The normalized spacial score (nSPS) is 17.4. The molecule has 1 heterocycles. The van der Waals surface area contributed by atoms with Gasteiger partial charge in [-0.3, -0.25) is 14.5 Å². The number of hydrogen-bond donors (Lipinski definition) is 1. The molecular formula is C22H25FN2O2. The maximum absolute atomic E-state index is 13.8. The fraction of sp³-hybridized carbons (Fsp3) is 0.364. The van der Waals surface area contributed by atoms with E-state index >= 15 is 0 Å². The molecule has 0 aromatic heterocycles. The lowest BCUT2D eigenvalue weighted by Crippen LogP contribution is -2.47. The summed E-state index contributed by atoms with van der Waals surface area (Å²) in [6.45, 7) is 2.14. The Labute approximate surface area is 159 Å². The number of piperidine rings is 1. The second kappa shape index (κ2) is 9.42. The van der Waals surface area contributed by atoms with Gasteiger partial charge in [0, 0.05) is 43.1 Å². The van der Waals surface area contributed by atoms with Crippen molar-refractivity contribution in [1.82, 2.24) is 10.2 Å². The Morgan fingerprint density at radius 3 is 2.56 bits per heavy atom. The van der Waals surface area contributed by atoms with Crippen molar-refractivity contribution in [3.63, 3.8) is 0 Å². The van der Waals surface area contributed by atoms with Gasteiger partial charge >= 0.3 is 0 Å². The summed E-state index contributed by atoms with van der Waals surface area (Å²) in [4.78, 5) is 26.5. The van der Waals surface area contributed by atoms with Crippen LogP contribution in [0.2, 0.25) is 0 Å². The second-order valence-electron chi connectivity index (χ2n) is 7.02. The fourth-order valence-electron chi connectivity index (χ4n) is 3.48. The number of likely N-dealkylation sites (tertiary alicyclic amines) is 1. The summed E-state index contributed by atoms with van der Waals surface area (Å²) < 4.78 is 13.8. The van der Waals surface area contributed by atoms with E-state index < -0.39 is 0 Å². The highest BCUT2D eigenvalue weighted by atomic mass is 19.1. The van der Waals surface area contributed by atoms with Gasteiger partial charge in [-0.05, 0) is 25.5 Å². The first-order valence-electron chi connectivity index (χ1n) is 9.45. The zero-order valence-electron chi connectivity index (χ0n) is 15.4. The maximum atomic E-state index is 13.8. The Morgan fingerprint density at radius 1 is 1.04 bits per heavy atom. The lowest BCUT2D eigenvalue weighted by molar-refractivity contribution is -0.122. The van der Waals surface area contributed by atoms with E-state index in [0.29, 0.717) is 24.2 Å². The van der Waals surface area contributed by atoms with Gasteiger partial charge in [0.1, 0.15) is 5.82 Å². The number of halogens is 1. The van der Waals surface area contributed by atoms with Crippen LogP contribution in [0.3, 0.4) is 0 Å². The molecule has 3 rings (SSSR count). The summed E-state index contributed by atoms with van der Waals surface area (Å²) >= 11 is 0. The Hall–Kier alpha value is -2.53. The van der Waals surface area contributed by atoms with Gasteiger partial charge in [0.05, 0.1) is 0 Å². The number of carbonyl (C=O) groups excluding carboxylic acids is 2. The van der Waals surface area contributed by atoms with Crippen LogP contribution in [0.5, 0.6) is 0 Å². The number of nitrogens with one attached hydrogen (secondary N) is 1. The molecule has 27 heavy (non-hydrogen) atoms. The van der Waals surface area contributed by atoms with Gasteiger partial charge < -0.3 is 5.32 Å². The zero-order valence-corrected chi connectivity index (χ0v) is 15.4. The molecule has 1 N–H and O–H groups in total. The summed E-state index contributed by atoms with van der Waals surface area (Å²) in [6, 6.07) is 15.9. The third-order valence-electron chi connectivity index (χ3n) is 4.90. The number of rotatable bonds is 7. The number of nitrogens with zero attached hydrogens (tertiary/aromatic N) is 1. The van der Waals surface area contributed by atoms with E-state index in [4.69, 9.17) is 0 Å². The van der Waals surface area contributed by atoms with Gasteiger partial charge in [-0.15, -0.1) is 0 Å². The predicted molar refractivity (Wildman–Crippen MR) is 103 cm³/mol. The molecule has 2 aromatic rings. The average Bonchev–Trinajstić information content (AvgIpc) is 2.69. The molecule has 1 atom stereocenters. The molecule has 4 nitrogen and oxygen atoms in total. The van der Waals surface area contributed by atoms with Crippen molar-refractivity contribution >= 4 is 11.7 Å². The van der Waals surface area contributed by atoms with Crippen LogP contribution in [-0.2, 0) is 11.3 Å². The topological polar surface area (TPSA) is 49.4 Å². The highest BCUT2D eigenvalue weighted by Crippen LogP contribution is 2.16. The largest absolute Gasteiger partial charge is 0.352 e. The summed E-state index contributed by atoms with van der Waals surface area (Å²) in [6.07, 6.45) is 2.27. The highest BCUT2D eigenvalue weighted by molar-refractivity contribution is 5.97. The van der Waals surface area contributed by atoms with Crippen LogP contribution in [0.15, 0.2) is 54.6 Å². The molecule has 0 spiro atoms. The number of hydrogen-bond acceptors (Lipinski definition) is 3. The minimum Gasteiger partial charge on any atom is -0.352 e. The maximum Gasteiger partial charge on any atom is 0.220 e. The first-order chi connectivity index (χ1) is 13.1. The SMILES string of the molecule is O=C(CCC(=O)c1ccccc1)NC1CCCN(Cc2ccccc2F)C1. The van der Waals surface area contributed by atoms with Crippen molar-refractivity contribution in [2.75, 3.05) is 13.1 Å². The van der Waals surface area contributed by atoms with Gasteiger partial charge in [-0.2, -0.15) is 0 Å². The van der Waals surface area contributed by atoms with Crippen LogP contribution < -0.4 is 5.32 Å². The summed E-state index contributed by atoms with van der Waals surface area (Å²) in [5, 5.41) is 3.03. The highest BCUT2D eigenvalue weighted by Gasteiger charge is 2.22. The third-order valence-corrected chi connectivity index (χ3v) is 4.90. The molecule has 0 radical (unpaired) electrons. The molecule has 0 bridgehead atoms. The third kappa shape index (κ3) is 5.73. The van der Waals surface area contributed by atoms with E-state index in [0.717, 1.165) is 19.4 Å². The van der Waals surface area contributed by atoms with E-state index in [-0.39, 0.29) is 36.4 Å². The molecule has 1 amide bonds. The van der Waals surface area contributed by atoms with Crippen molar-refractivity contribution in [2.24, 2.45) is 0 Å².